The van der Waals surface area contributed by atoms with E-state index in [0.29, 0.717) is 23.0 Å². The second-order valence-corrected chi connectivity index (χ2v) is 12.3. The molecular weight excluding hydrogens is 365 g/mol. The van der Waals surface area contributed by atoms with E-state index in [-0.39, 0.29) is 7.92 Å². The van der Waals surface area contributed by atoms with Crippen molar-refractivity contribution in [2.45, 2.75) is 51.9 Å². The molecule has 0 amide bonds. The van der Waals surface area contributed by atoms with E-state index in [1.54, 1.807) is 0 Å². The van der Waals surface area contributed by atoms with Gasteiger partial charge in [-0.25, -0.2) is 0 Å². The van der Waals surface area contributed by atoms with Crippen LogP contribution in [-0.2, 0) is 12.7 Å². The molecule has 0 spiro atoms. The first-order chi connectivity index (χ1) is 9.62. The van der Waals surface area contributed by atoms with Crippen molar-refractivity contribution >= 4 is 34.4 Å². The fourth-order valence-electron chi connectivity index (χ4n) is 2.41. The maximum atomic E-state index is 4.70. The van der Waals surface area contributed by atoms with Gasteiger partial charge in [-0.2, -0.15) is 0 Å². The summed E-state index contributed by atoms with van der Waals surface area (Å²) in [5, 5.41) is 0.823. The zero-order valence-corrected chi connectivity index (χ0v) is 17.2. The summed E-state index contributed by atoms with van der Waals surface area (Å²) in [6.45, 7) is 14.3. The fraction of sp³-hybridized carbons (Fsp3) is 0.529. The molecule has 0 bridgehead atoms. The molecule has 0 radical (unpaired) electrons. The molecule has 124 valence electrons. The fourth-order valence-corrected chi connectivity index (χ4v) is 5.84. The van der Waals surface area contributed by atoms with Crippen LogP contribution in [0.4, 0.5) is 0 Å². The van der Waals surface area contributed by atoms with Crippen LogP contribution in [0.25, 0.3) is 6.08 Å². The van der Waals surface area contributed by atoms with Crippen molar-refractivity contribution in [3.8, 4) is 0 Å². The van der Waals surface area contributed by atoms with Gasteiger partial charge in [0.2, 0.25) is 0 Å². The molecular formula is C17H27Cl2NiP. The molecule has 0 heterocycles. The van der Waals surface area contributed by atoms with Crippen LogP contribution in [0.5, 0.6) is 0 Å². The van der Waals surface area contributed by atoms with Gasteiger partial charge < -0.3 is 0 Å². The summed E-state index contributed by atoms with van der Waals surface area (Å²) in [5.74, 6) is 0. The quantitative estimate of drug-likeness (QED) is 0.379. The Bertz CT molecular complexity index is 391. The molecule has 21 heavy (non-hydrogen) atoms. The van der Waals surface area contributed by atoms with Gasteiger partial charge in [0.25, 0.3) is 0 Å². The van der Waals surface area contributed by atoms with Crippen LogP contribution in [0.2, 0.25) is 0 Å². The van der Waals surface area contributed by atoms with Gasteiger partial charge in [0.1, 0.15) is 0 Å². The van der Waals surface area contributed by atoms with Crippen molar-refractivity contribution < 1.29 is 12.7 Å². The first-order valence-electron chi connectivity index (χ1n) is 6.94. The third kappa shape index (κ3) is 9.96. The Morgan fingerprint density at radius 2 is 1.38 bits per heavy atom. The Morgan fingerprint density at radius 3 is 1.76 bits per heavy atom. The summed E-state index contributed by atoms with van der Waals surface area (Å²) in [5.41, 5.74) is 1.30. The Morgan fingerprint density at radius 1 is 0.952 bits per heavy atom. The molecule has 1 aromatic rings. The number of hydrogen-bond donors (Lipinski definition) is 0. The summed E-state index contributed by atoms with van der Waals surface area (Å²) in [6, 6.07) is 10.6. The van der Waals surface area contributed by atoms with Crippen molar-refractivity contribution in [2.24, 2.45) is 0 Å². The van der Waals surface area contributed by atoms with Crippen molar-refractivity contribution in [3.63, 3.8) is 0 Å². The van der Waals surface area contributed by atoms with E-state index in [4.69, 9.17) is 20.4 Å². The monoisotopic (exact) mass is 390 g/mol. The standard InChI is InChI=1S/C17H27P.2ClH.Ni/c1-16(2,3)18(17(4,5)6)14-10-13-15-11-8-7-9-12-15;;;/h7-13H,14H2,1-6H3;2*1H;/q;;;+2/p-2. The van der Waals surface area contributed by atoms with Crippen LogP contribution in [0.15, 0.2) is 36.4 Å². The number of hydrogen-bond acceptors (Lipinski definition) is 0. The van der Waals surface area contributed by atoms with Gasteiger partial charge in [-0.05, 0) is 22.0 Å². The van der Waals surface area contributed by atoms with Gasteiger partial charge in [-0.3, -0.25) is 0 Å². The van der Waals surface area contributed by atoms with Crippen molar-refractivity contribution in [3.05, 3.63) is 42.0 Å². The van der Waals surface area contributed by atoms with Crippen LogP contribution >= 0.6 is 28.3 Å². The SMILES string of the molecule is CC(C)(C)P(CC=Cc1ccccc1)C(C)(C)C.[Cl][Ni][Cl]. The molecule has 0 N–H and O–H groups in total. The van der Waals surface area contributed by atoms with E-state index >= 15 is 0 Å². The van der Waals surface area contributed by atoms with Crippen LogP contribution in [0.1, 0.15) is 47.1 Å². The Labute approximate surface area is 146 Å². The van der Waals surface area contributed by atoms with Gasteiger partial charge in [0.15, 0.2) is 0 Å². The zero-order valence-electron chi connectivity index (χ0n) is 13.8. The average molecular weight is 392 g/mol. The maximum absolute atomic E-state index is 4.70. The van der Waals surface area contributed by atoms with Crippen molar-refractivity contribution in [1.29, 1.82) is 0 Å². The number of rotatable bonds is 3. The molecule has 0 nitrogen and oxygen atoms in total. The molecule has 0 saturated heterocycles. The minimum atomic E-state index is -0.0258. The number of allylic oxidation sites excluding steroid dienone is 1. The molecule has 0 aliphatic heterocycles. The predicted octanol–water partition coefficient (Wildman–Crippen LogP) is 7.16. The number of benzene rings is 1. The first kappa shape index (κ1) is 21.5. The number of halogens is 2. The van der Waals surface area contributed by atoms with E-state index in [0.717, 1.165) is 0 Å². The molecule has 0 unspecified atom stereocenters. The molecule has 1 aromatic carbocycles. The van der Waals surface area contributed by atoms with Crippen LogP contribution in [0, 0.1) is 0 Å². The van der Waals surface area contributed by atoms with Crippen LogP contribution in [-0.4, -0.2) is 16.5 Å². The molecule has 4 heteroatoms. The van der Waals surface area contributed by atoms with E-state index < -0.39 is 0 Å². The van der Waals surface area contributed by atoms with Gasteiger partial charge in [-0.1, -0.05) is 91.9 Å². The third-order valence-corrected chi connectivity index (χ3v) is 6.83. The molecule has 1 rings (SSSR count). The van der Waals surface area contributed by atoms with Crippen LogP contribution in [0.3, 0.4) is 0 Å². The summed E-state index contributed by atoms with van der Waals surface area (Å²) in [6.07, 6.45) is 5.82. The Kier molecular flexibility index (Phi) is 10.5. The van der Waals surface area contributed by atoms with Gasteiger partial charge in [0, 0.05) is 0 Å². The van der Waals surface area contributed by atoms with Crippen LogP contribution < -0.4 is 0 Å². The van der Waals surface area contributed by atoms with Crippen molar-refractivity contribution in [1.82, 2.24) is 0 Å². The second-order valence-electron chi connectivity index (χ2n) is 6.81. The Balaban J connectivity index is 0.00000122. The molecule has 0 saturated carbocycles. The molecule has 0 atom stereocenters. The second kappa shape index (κ2) is 10.3. The van der Waals surface area contributed by atoms with Gasteiger partial charge in [0.05, 0.1) is 0 Å². The van der Waals surface area contributed by atoms with E-state index in [9.17, 15) is 0 Å². The average Bonchev–Trinajstić information content (AvgIpc) is 2.34. The van der Waals surface area contributed by atoms with Gasteiger partial charge in [-0.15, -0.1) is 0 Å². The molecule has 0 aliphatic rings. The first-order valence-corrected chi connectivity index (χ1v) is 11.2. The van der Waals surface area contributed by atoms with E-state index in [2.05, 4.69) is 84.0 Å². The minimum absolute atomic E-state index is 0.0258. The normalized spacial score (nSPS) is 12.6. The summed E-state index contributed by atoms with van der Waals surface area (Å²) in [7, 11) is 9.38. The predicted molar refractivity (Wildman–Crippen MR) is 98.5 cm³/mol. The zero-order chi connectivity index (χ0) is 16.5. The van der Waals surface area contributed by atoms with Crippen molar-refractivity contribution in [2.75, 3.05) is 6.16 Å². The van der Waals surface area contributed by atoms with Gasteiger partial charge >= 0.3 is 33.0 Å². The topological polar surface area (TPSA) is 0 Å². The third-order valence-electron chi connectivity index (χ3n) is 3.02. The Hall–Kier alpha value is 0.464. The van der Waals surface area contributed by atoms with E-state index in [1.165, 1.54) is 11.7 Å². The summed E-state index contributed by atoms with van der Waals surface area (Å²) in [4.78, 5) is 0. The molecule has 0 fully saturated rings. The molecule has 0 aromatic heterocycles. The molecule has 0 aliphatic carbocycles. The van der Waals surface area contributed by atoms with E-state index in [1.807, 2.05) is 0 Å². The summed E-state index contributed by atoms with van der Waals surface area (Å²) >= 11 is 0.569. The summed E-state index contributed by atoms with van der Waals surface area (Å²) < 4.78 is 0.